The fraction of sp³-hybridized carbons (Fsp3) is 0.294. The number of aromatic nitrogens is 1. The van der Waals surface area contributed by atoms with Crippen molar-refractivity contribution in [2.45, 2.75) is 20.4 Å². The smallest absolute Gasteiger partial charge is 0.310 e. The van der Waals surface area contributed by atoms with Gasteiger partial charge in [-0.05, 0) is 48.9 Å². The molecule has 0 aliphatic carbocycles. The number of fused-ring (bicyclic) bond motifs is 1. The lowest BCUT2D eigenvalue weighted by atomic mass is 10.3. The van der Waals surface area contributed by atoms with Gasteiger partial charge in [-0.3, -0.25) is 14.5 Å². The largest absolute Gasteiger partial charge is 0.454 e. The summed E-state index contributed by atoms with van der Waals surface area (Å²) in [7, 11) is 0. The normalized spacial score (nSPS) is 11.4. The predicted octanol–water partition coefficient (Wildman–Crippen LogP) is 3.19. The molecular formula is C17H18N2O3S. The summed E-state index contributed by atoms with van der Waals surface area (Å²) in [6.07, 6.45) is 0. The maximum Gasteiger partial charge on any atom is 0.310 e. The van der Waals surface area contributed by atoms with E-state index in [1.165, 1.54) is 0 Å². The molecule has 23 heavy (non-hydrogen) atoms. The Labute approximate surface area is 137 Å². The van der Waals surface area contributed by atoms with Crippen LogP contribution in [0.5, 0.6) is 0 Å². The quantitative estimate of drug-likeness (QED) is 0.721. The van der Waals surface area contributed by atoms with Crippen molar-refractivity contribution in [1.82, 2.24) is 8.86 Å². The maximum atomic E-state index is 12.5. The number of carbonyl (C=O) groups excluding carboxylic acids is 1. The minimum atomic E-state index is -0.415. The van der Waals surface area contributed by atoms with Gasteiger partial charge in [-0.15, -0.1) is 0 Å². The molecule has 0 N–H and O–H groups in total. The number of furan rings is 1. The Hall–Kier alpha value is -2.18. The van der Waals surface area contributed by atoms with Crippen LogP contribution in [0.25, 0.3) is 10.1 Å². The van der Waals surface area contributed by atoms with E-state index in [0.717, 1.165) is 39.0 Å². The zero-order chi connectivity index (χ0) is 16.4. The molecule has 0 atom stereocenters. The highest BCUT2D eigenvalue weighted by Crippen LogP contribution is 2.18. The summed E-state index contributed by atoms with van der Waals surface area (Å²) in [6, 6.07) is 10.6. The van der Waals surface area contributed by atoms with Crippen molar-refractivity contribution >= 4 is 27.5 Å². The molecule has 1 aromatic carbocycles. The minimum absolute atomic E-state index is 0.195. The molecule has 0 spiro atoms. The molecule has 3 aromatic rings. The summed E-state index contributed by atoms with van der Waals surface area (Å²) in [6.45, 7) is 6.64. The van der Waals surface area contributed by atoms with Gasteiger partial charge in [0.05, 0.1) is 16.6 Å². The molecule has 6 heteroatoms. The van der Waals surface area contributed by atoms with Crippen molar-refractivity contribution in [3.63, 3.8) is 0 Å². The van der Waals surface area contributed by atoms with Crippen molar-refractivity contribution in [2.24, 2.45) is 0 Å². The lowest BCUT2D eigenvalue weighted by molar-refractivity contribution is 0.0938. The highest BCUT2D eigenvalue weighted by Gasteiger charge is 2.19. The van der Waals surface area contributed by atoms with Gasteiger partial charge in [0.1, 0.15) is 5.76 Å². The molecule has 0 saturated heterocycles. The van der Waals surface area contributed by atoms with Crippen LogP contribution in [0.3, 0.4) is 0 Å². The Morgan fingerprint density at radius 2 is 1.91 bits per heavy atom. The van der Waals surface area contributed by atoms with Gasteiger partial charge in [0.2, 0.25) is 0 Å². The first-order chi connectivity index (χ1) is 11.1. The predicted molar refractivity (Wildman–Crippen MR) is 91.1 cm³/mol. The summed E-state index contributed by atoms with van der Waals surface area (Å²) in [4.78, 5) is 27.1. The van der Waals surface area contributed by atoms with Crippen LogP contribution >= 0.6 is 11.5 Å². The van der Waals surface area contributed by atoms with Gasteiger partial charge >= 0.3 is 5.91 Å². The molecule has 0 fully saturated rings. The summed E-state index contributed by atoms with van der Waals surface area (Å²) >= 11 is 1.14. The highest BCUT2D eigenvalue weighted by molar-refractivity contribution is 7.14. The molecule has 0 unspecified atom stereocenters. The van der Waals surface area contributed by atoms with Crippen LogP contribution in [0.1, 0.15) is 30.2 Å². The molecule has 120 valence electrons. The third-order valence-electron chi connectivity index (χ3n) is 3.82. The number of carbonyl (C=O) groups is 1. The van der Waals surface area contributed by atoms with E-state index in [1.807, 2.05) is 12.1 Å². The molecule has 0 saturated carbocycles. The van der Waals surface area contributed by atoms with Gasteiger partial charge in [-0.1, -0.05) is 26.0 Å². The van der Waals surface area contributed by atoms with E-state index >= 15 is 0 Å². The van der Waals surface area contributed by atoms with Gasteiger partial charge in [0.25, 0.3) is 5.56 Å². The monoisotopic (exact) mass is 330 g/mol. The Bertz CT molecular complexity index is 887. The molecule has 5 nitrogen and oxygen atoms in total. The third-order valence-corrected chi connectivity index (χ3v) is 4.89. The molecule has 0 bridgehead atoms. The lowest BCUT2D eigenvalue weighted by Gasteiger charge is -2.15. The van der Waals surface area contributed by atoms with E-state index in [-0.39, 0.29) is 11.3 Å². The second kappa shape index (κ2) is 6.52. The topological polar surface area (TPSA) is 55.5 Å². The Morgan fingerprint density at radius 3 is 2.61 bits per heavy atom. The highest BCUT2D eigenvalue weighted by atomic mass is 32.1. The number of nitrogens with zero attached hydrogens (tertiary/aromatic N) is 2. The van der Waals surface area contributed by atoms with E-state index in [0.29, 0.717) is 11.9 Å². The van der Waals surface area contributed by atoms with Crippen LogP contribution in [0.15, 0.2) is 45.6 Å². The van der Waals surface area contributed by atoms with Gasteiger partial charge in [-0.2, -0.15) is 3.96 Å². The van der Waals surface area contributed by atoms with Crippen LogP contribution in [0, 0.1) is 0 Å². The second-order valence-corrected chi connectivity index (χ2v) is 6.21. The van der Waals surface area contributed by atoms with Crippen LogP contribution in [0.2, 0.25) is 0 Å². The SMILES string of the molecule is CCN(CC)Cc1ccc(C(=O)n2sc3ccccc3c2=O)o1. The number of hydrogen-bond donors (Lipinski definition) is 0. The molecule has 2 aromatic heterocycles. The van der Waals surface area contributed by atoms with E-state index in [4.69, 9.17) is 4.42 Å². The van der Waals surface area contributed by atoms with E-state index in [1.54, 1.807) is 24.3 Å². The van der Waals surface area contributed by atoms with E-state index in [2.05, 4.69) is 18.7 Å². The fourth-order valence-electron chi connectivity index (χ4n) is 2.45. The van der Waals surface area contributed by atoms with Gasteiger partial charge in [-0.25, -0.2) is 0 Å². The van der Waals surface area contributed by atoms with Crippen molar-refractivity contribution < 1.29 is 9.21 Å². The number of hydrogen-bond acceptors (Lipinski definition) is 5. The third kappa shape index (κ3) is 3.00. The van der Waals surface area contributed by atoms with Crippen molar-refractivity contribution in [2.75, 3.05) is 13.1 Å². The van der Waals surface area contributed by atoms with Gasteiger partial charge in [0.15, 0.2) is 5.76 Å². The Balaban J connectivity index is 1.89. The zero-order valence-corrected chi connectivity index (χ0v) is 13.9. The average molecular weight is 330 g/mol. The van der Waals surface area contributed by atoms with Crippen LogP contribution in [-0.2, 0) is 6.54 Å². The van der Waals surface area contributed by atoms with E-state index in [9.17, 15) is 9.59 Å². The number of benzene rings is 1. The first-order valence-electron chi connectivity index (χ1n) is 7.60. The second-order valence-electron chi connectivity index (χ2n) is 5.22. The first kappa shape index (κ1) is 15.7. The van der Waals surface area contributed by atoms with Gasteiger partial charge in [0, 0.05) is 0 Å². The number of rotatable bonds is 5. The van der Waals surface area contributed by atoms with Crippen molar-refractivity contribution in [3.05, 3.63) is 58.3 Å². The lowest BCUT2D eigenvalue weighted by Crippen LogP contribution is -2.22. The minimum Gasteiger partial charge on any atom is -0.454 e. The standard InChI is InChI=1S/C17H18N2O3S/c1-3-18(4-2)11-12-9-10-14(22-12)17(21)19-16(20)13-7-5-6-8-15(13)23-19/h5-10H,3-4,11H2,1-2H3. The molecule has 0 amide bonds. The Morgan fingerprint density at radius 1 is 1.17 bits per heavy atom. The molecule has 0 aliphatic heterocycles. The molecule has 3 rings (SSSR count). The molecule has 2 heterocycles. The maximum absolute atomic E-state index is 12.5. The molecular weight excluding hydrogens is 312 g/mol. The van der Waals surface area contributed by atoms with Gasteiger partial charge < -0.3 is 4.42 Å². The summed E-state index contributed by atoms with van der Waals surface area (Å²) in [5.74, 6) is 0.508. The van der Waals surface area contributed by atoms with Crippen molar-refractivity contribution in [3.8, 4) is 0 Å². The molecule has 0 radical (unpaired) electrons. The fourth-order valence-corrected chi connectivity index (χ4v) is 3.40. The summed E-state index contributed by atoms with van der Waals surface area (Å²) < 4.78 is 7.59. The van der Waals surface area contributed by atoms with Crippen LogP contribution < -0.4 is 5.56 Å². The summed E-state index contributed by atoms with van der Waals surface area (Å²) in [5.41, 5.74) is -0.294. The molecule has 0 aliphatic rings. The van der Waals surface area contributed by atoms with Crippen LogP contribution in [-0.4, -0.2) is 27.9 Å². The van der Waals surface area contributed by atoms with Crippen molar-refractivity contribution in [1.29, 1.82) is 0 Å². The average Bonchev–Trinajstić information content (AvgIpc) is 3.17. The Kier molecular flexibility index (Phi) is 4.45. The van der Waals surface area contributed by atoms with Crippen LogP contribution in [0.4, 0.5) is 0 Å². The zero-order valence-electron chi connectivity index (χ0n) is 13.1. The van der Waals surface area contributed by atoms with E-state index < -0.39 is 5.91 Å². The summed E-state index contributed by atoms with van der Waals surface area (Å²) in [5, 5.41) is 0.556. The first-order valence-corrected chi connectivity index (χ1v) is 8.38.